The van der Waals surface area contributed by atoms with Crippen molar-refractivity contribution in [2.75, 3.05) is 4.90 Å². The molecule has 0 aliphatic rings. The largest absolute Gasteiger partial charge is 0.310 e. The fraction of sp³-hybridized carbons (Fsp3) is 0.0526. The molecule has 1 aromatic heterocycles. The maximum absolute atomic E-state index is 2.45. The zero-order valence-corrected chi connectivity index (χ0v) is 34.3. The normalized spacial score (nSPS) is 11.3. The van der Waals surface area contributed by atoms with Crippen molar-refractivity contribution in [1.82, 2.24) is 0 Å². The first kappa shape index (κ1) is 36.3. The summed E-state index contributed by atoms with van der Waals surface area (Å²) in [6.45, 7) is 6.73. The molecule has 0 fully saturated rings. The van der Waals surface area contributed by atoms with Gasteiger partial charge in [0, 0.05) is 37.1 Å². The van der Waals surface area contributed by atoms with Crippen LogP contribution in [-0.4, -0.2) is 0 Å². The van der Waals surface area contributed by atoms with Crippen LogP contribution in [0.25, 0.3) is 75.8 Å². The lowest BCUT2D eigenvalue weighted by Gasteiger charge is -2.30. The number of nitrogens with zero attached hydrogens (tertiary/aromatic N) is 1. The van der Waals surface area contributed by atoms with Crippen molar-refractivity contribution in [1.29, 1.82) is 0 Å². The van der Waals surface area contributed by atoms with Crippen LogP contribution in [0.1, 0.15) is 16.7 Å². The summed E-state index contributed by atoms with van der Waals surface area (Å²) in [6.07, 6.45) is 0. The van der Waals surface area contributed by atoms with Gasteiger partial charge in [0.2, 0.25) is 0 Å². The molecule has 10 rings (SSSR count). The molecule has 0 radical (unpaired) electrons. The van der Waals surface area contributed by atoms with Gasteiger partial charge in [-0.1, -0.05) is 164 Å². The van der Waals surface area contributed by atoms with Crippen LogP contribution in [0.4, 0.5) is 17.1 Å². The van der Waals surface area contributed by atoms with Crippen LogP contribution in [0, 0.1) is 20.8 Å². The molecule has 0 saturated heterocycles. The van der Waals surface area contributed by atoms with E-state index >= 15 is 0 Å². The lowest BCUT2D eigenvalue weighted by molar-refractivity contribution is 1.26. The zero-order chi connectivity index (χ0) is 39.9. The minimum absolute atomic E-state index is 1.11. The molecule has 282 valence electrons. The number of fused-ring (bicyclic) bond motifs is 3. The third-order valence-electron chi connectivity index (χ3n) is 11.8. The first-order chi connectivity index (χ1) is 29.0. The predicted octanol–water partition coefficient (Wildman–Crippen LogP) is 16.8. The lowest BCUT2D eigenvalue weighted by atomic mass is 9.87. The van der Waals surface area contributed by atoms with Crippen molar-refractivity contribution >= 4 is 48.6 Å². The highest BCUT2D eigenvalue weighted by Crippen LogP contribution is 2.47. The number of hydrogen-bond donors (Lipinski definition) is 0. The molecule has 1 heterocycles. The first-order valence-corrected chi connectivity index (χ1v) is 21.2. The van der Waals surface area contributed by atoms with Gasteiger partial charge in [0.05, 0.1) is 5.69 Å². The van der Waals surface area contributed by atoms with Gasteiger partial charge >= 0.3 is 0 Å². The van der Waals surface area contributed by atoms with Gasteiger partial charge in [0.1, 0.15) is 0 Å². The van der Waals surface area contributed by atoms with Crippen LogP contribution < -0.4 is 4.90 Å². The molecule has 0 amide bonds. The Hall–Kier alpha value is -7.00. The second-order valence-electron chi connectivity index (χ2n) is 15.4. The van der Waals surface area contributed by atoms with E-state index < -0.39 is 0 Å². The monoisotopic (exact) mass is 773 g/mol. The summed E-state index contributed by atoms with van der Waals surface area (Å²) in [5.41, 5.74) is 19.5. The van der Waals surface area contributed by atoms with Crippen molar-refractivity contribution in [3.05, 3.63) is 223 Å². The molecule has 1 nitrogen and oxygen atoms in total. The van der Waals surface area contributed by atoms with Gasteiger partial charge in [0.25, 0.3) is 0 Å². The van der Waals surface area contributed by atoms with E-state index in [1.165, 1.54) is 92.5 Å². The topological polar surface area (TPSA) is 3.24 Å². The second-order valence-corrected chi connectivity index (χ2v) is 16.5. The van der Waals surface area contributed by atoms with E-state index in [1.54, 1.807) is 0 Å². The van der Waals surface area contributed by atoms with E-state index in [0.717, 1.165) is 17.1 Å². The van der Waals surface area contributed by atoms with Crippen LogP contribution >= 0.6 is 11.3 Å². The minimum Gasteiger partial charge on any atom is -0.310 e. The number of anilines is 3. The maximum atomic E-state index is 2.45. The molecule has 59 heavy (non-hydrogen) atoms. The highest BCUT2D eigenvalue weighted by molar-refractivity contribution is 7.26. The van der Waals surface area contributed by atoms with Crippen molar-refractivity contribution in [2.45, 2.75) is 20.8 Å². The van der Waals surface area contributed by atoms with Crippen LogP contribution in [-0.2, 0) is 0 Å². The average Bonchev–Trinajstić information content (AvgIpc) is 3.67. The van der Waals surface area contributed by atoms with Gasteiger partial charge in [-0.2, -0.15) is 0 Å². The molecular formula is C57H43NS. The standard InChI is InChI=1S/C57H43NS/c1-38-15-10-12-21-48(38)50-35-36-53(56(40(50)3)49-22-13-11-16-39(49)2)58(46-30-25-43(26-31-46)41-17-6-4-7-18-41)47-32-27-44(28-33-47)51-23-14-24-54-57(51)52-34-29-45(37-55(52)59-54)42-19-8-5-9-20-42/h4-37H,1-3H3. The molecule has 9 aromatic carbocycles. The fourth-order valence-corrected chi connectivity index (χ4v) is 9.94. The summed E-state index contributed by atoms with van der Waals surface area (Å²) in [5, 5.41) is 2.62. The van der Waals surface area contributed by atoms with Crippen LogP contribution in [0.15, 0.2) is 206 Å². The Kier molecular flexibility index (Phi) is 9.49. The molecule has 0 N–H and O–H groups in total. The van der Waals surface area contributed by atoms with Gasteiger partial charge in [-0.3, -0.25) is 0 Å². The van der Waals surface area contributed by atoms with Crippen molar-refractivity contribution in [3.63, 3.8) is 0 Å². The summed E-state index contributed by atoms with van der Waals surface area (Å²) in [7, 11) is 0. The molecule has 0 aliphatic heterocycles. The highest BCUT2D eigenvalue weighted by atomic mass is 32.1. The first-order valence-electron chi connectivity index (χ1n) is 20.3. The molecule has 0 saturated carbocycles. The van der Waals surface area contributed by atoms with Crippen LogP contribution in [0.2, 0.25) is 0 Å². The summed E-state index contributed by atoms with van der Waals surface area (Å²) < 4.78 is 2.61. The quantitative estimate of drug-likeness (QED) is 0.149. The minimum atomic E-state index is 1.11. The second kappa shape index (κ2) is 15.4. The number of hydrogen-bond acceptors (Lipinski definition) is 2. The molecule has 2 heteroatoms. The Morgan fingerprint density at radius 1 is 0.356 bits per heavy atom. The third-order valence-corrected chi connectivity index (χ3v) is 12.9. The van der Waals surface area contributed by atoms with E-state index in [4.69, 9.17) is 0 Å². The fourth-order valence-electron chi connectivity index (χ4n) is 8.77. The molecule has 10 aromatic rings. The number of rotatable bonds is 8. The molecular weight excluding hydrogens is 731 g/mol. The summed E-state index contributed by atoms with van der Waals surface area (Å²) in [4.78, 5) is 2.45. The van der Waals surface area contributed by atoms with E-state index in [-0.39, 0.29) is 0 Å². The van der Waals surface area contributed by atoms with E-state index in [9.17, 15) is 0 Å². The average molecular weight is 774 g/mol. The SMILES string of the molecule is Cc1ccccc1-c1ccc(N(c2ccc(-c3ccccc3)cc2)c2ccc(-c3cccc4sc5cc(-c6ccccc6)ccc5c34)cc2)c(-c2ccccc2C)c1C. The van der Waals surface area contributed by atoms with Gasteiger partial charge < -0.3 is 4.90 Å². The number of thiophene rings is 1. The Labute approximate surface area is 351 Å². The van der Waals surface area contributed by atoms with Gasteiger partial charge in [0.15, 0.2) is 0 Å². The molecule has 0 unspecified atom stereocenters. The number of benzene rings is 9. The van der Waals surface area contributed by atoms with Crippen molar-refractivity contribution < 1.29 is 0 Å². The summed E-state index contributed by atoms with van der Waals surface area (Å²) in [5.74, 6) is 0. The Balaban J connectivity index is 1.13. The Morgan fingerprint density at radius 3 is 1.53 bits per heavy atom. The zero-order valence-electron chi connectivity index (χ0n) is 33.5. The highest BCUT2D eigenvalue weighted by Gasteiger charge is 2.23. The number of aryl methyl sites for hydroxylation is 2. The molecule has 0 bridgehead atoms. The lowest BCUT2D eigenvalue weighted by Crippen LogP contribution is -2.12. The predicted molar refractivity (Wildman–Crippen MR) is 255 cm³/mol. The molecule has 0 atom stereocenters. The van der Waals surface area contributed by atoms with Gasteiger partial charge in [-0.25, -0.2) is 0 Å². The van der Waals surface area contributed by atoms with Gasteiger partial charge in [-0.05, 0) is 130 Å². The van der Waals surface area contributed by atoms with E-state index in [2.05, 4.69) is 232 Å². The summed E-state index contributed by atoms with van der Waals surface area (Å²) in [6, 6.07) is 75.4. The van der Waals surface area contributed by atoms with Crippen molar-refractivity contribution in [2.24, 2.45) is 0 Å². The van der Waals surface area contributed by atoms with E-state index in [1.807, 2.05) is 11.3 Å². The molecule has 0 spiro atoms. The maximum Gasteiger partial charge on any atom is 0.0543 e. The van der Waals surface area contributed by atoms with Crippen LogP contribution in [0.5, 0.6) is 0 Å². The summed E-state index contributed by atoms with van der Waals surface area (Å²) >= 11 is 1.88. The Bertz CT molecular complexity index is 3100. The van der Waals surface area contributed by atoms with Crippen molar-refractivity contribution in [3.8, 4) is 55.6 Å². The van der Waals surface area contributed by atoms with E-state index in [0.29, 0.717) is 0 Å². The molecule has 0 aliphatic carbocycles. The smallest absolute Gasteiger partial charge is 0.0543 e. The Morgan fingerprint density at radius 2 is 0.881 bits per heavy atom. The third kappa shape index (κ3) is 6.72. The van der Waals surface area contributed by atoms with Crippen LogP contribution in [0.3, 0.4) is 0 Å². The van der Waals surface area contributed by atoms with Gasteiger partial charge in [-0.15, -0.1) is 11.3 Å².